The first kappa shape index (κ1) is 24.1. The molecule has 0 aliphatic heterocycles. The summed E-state index contributed by atoms with van der Waals surface area (Å²) >= 11 is 3.30. The maximum Gasteiger partial charge on any atom is 0.306 e. The number of hydrogen-bond donors (Lipinski definition) is 1. The van der Waals surface area contributed by atoms with Crippen LogP contribution in [0.1, 0.15) is 32.6 Å². The summed E-state index contributed by atoms with van der Waals surface area (Å²) in [6.07, 6.45) is 1.78. The molecule has 0 aromatic carbocycles. The second-order valence-electron chi connectivity index (χ2n) is 4.86. The fourth-order valence-corrected chi connectivity index (χ4v) is 3.50. The number of carbonyl (C=O) groups excluding carboxylic acids is 3. The molecule has 0 heterocycles. The Hall–Kier alpha value is -0.930. The summed E-state index contributed by atoms with van der Waals surface area (Å²) < 4.78 is 14.6. The Morgan fingerprint density at radius 2 is 1.16 bits per heavy atom. The number of thioether (sulfide) groups is 2. The fourth-order valence-electron chi connectivity index (χ4n) is 1.52. The van der Waals surface area contributed by atoms with Crippen molar-refractivity contribution in [3.05, 3.63) is 0 Å². The van der Waals surface area contributed by atoms with Gasteiger partial charge in [-0.2, -0.15) is 23.5 Å². The third-order valence-electron chi connectivity index (χ3n) is 2.69. The SMILES string of the molecule is CCCC(=O)OCCOC(=O)CCSCCSCCC(=O)OCCO. The summed E-state index contributed by atoms with van der Waals surface area (Å²) in [6, 6.07) is 0. The molecule has 0 aliphatic carbocycles. The molecule has 0 atom stereocenters. The highest BCUT2D eigenvalue weighted by molar-refractivity contribution is 8.02. The molecule has 0 unspecified atom stereocenters. The highest BCUT2D eigenvalue weighted by Crippen LogP contribution is 2.10. The van der Waals surface area contributed by atoms with Gasteiger partial charge < -0.3 is 19.3 Å². The predicted molar refractivity (Wildman–Crippen MR) is 98.8 cm³/mol. The van der Waals surface area contributed by atoms with Gasteiger partial charge in [0.25, 0.3) is 0 Å². The van der Waals surface area contributed by atoms with Crippen LogP contribution in [0.2, 0.25) is 0 Å². The van der Waals surface area contributed by atoms with Gasteiger partial charge in [-0.1, -0.05) is 6.92 Å². The Morgan fingerprint density at radius 3 is 1.60 bits per heavy atom. The molecule has 0 rings (SSSR count). The minimum absolute atomic E-state index is 0.0522. The van der Waals surface area contributed by atoms with Crippen LogP contribution in [0, 0.1) is 0 Å². The second-order valence-corrected chi connectivity index (χ2v) is 7.31. The molecule has 0 saturated carbocycles. The molecular weight excluding hydrogens is 368 g/mol. The number of aliphatic hydroxyl groups excluding tert-OH is 1. The van der Waals surface area contributed by atoms with E-state index in [1.54, 1.807) is 23.5 Å². The quantitative estimate of drug-likeness (QED) is 0.237. The van der Waals surface area contributed by atoms with Crippen LogP contribution in [-0.2, 0) is 28.6 Å². The Kier molecular flexibility index (Phi) is 17.2. The van der Waals surface area contributed by atoms with Gasteiger partial charge in [-0.25, -0.2) is 0 Å². The number of esters is 3. The first-order valence-electron chi connectivity index (χ1n) is 8.33. The van der Waals surface area contributed by atoms with E-state index in [0.29, 0.717) is 30.8 Å². The van der Waals surface area contributed by atoms with Crippen molar-refractivity contribution in [3.8, 4) is 0 Å². The third kappa shape index (κ3) is 17.7. The van der Waals surface area contributed by atoms with Crippen LogP contribution >= 0.6 is 23.5 Å². The number of rotatable bonds is 16. The van der Waals surface area contributed by atoms with Crippen LogP contribution in [0.4, 0.5) is 0 Å². The molecule has 146 valence electrons. The molecule has 0 aliphatic rings. The molecule has 25 heavy (non-hydrogen) atoms. The van der Waals surface area contributed by atoms with E-state index in [-0.39, 0.29) is 44.3 Å². The minimum Gasteiger partial charge on any atom is -0.463 e. The third-order valence-corrected chi connectivity index (χ3v) is 4.92. The van der Waals surface area contributed by atoms with Crippen LogP contribution in [-0.4, -0.2) is 72.5 Å². The number of aliphatic hydroxyl groups is 1. The van der Waals surface area contributed by atoms with E-state index in [0.717, 1.165) is 17.9 Å². The van der Waals surface area contributed by atoms with E-state index in [9.17, 15) is 14.4 Å². The lowest BCUT2D eigenvalue weighted by atomic mass is 10.3. The van der Waals surface area contributed by atoms with Crippen molar-refractivity contribution in [2.45, 2.75) is 32.6 Å². The van der Waals surface area contributed by atoms with Gasteiger partial charge in [-0.15, -0.1) is 0 Å². The highest BCUT2D eigenvalue weighted by Gasteiger charge is 2.05. The van der Waals surface area contributed by atoms with Gasteiger partial charge in [0.1, 0.15) is 19.8 Å². The smallest absolute Gasteiger partial charge is 0.306 e. The number of carbonyl (C=O) groups is 3. The molecule has 0 amide bonds. The molecule has 0 spiro atoms. The van der Waals surface area contributed by atoms with Gasteiger partial charge in [-0.3, -0.25) is 14.4 Å². The van der Waals surface area contributed by atoms with Crippen molar-refractivity contribution in [1.29, 1.82) is 0 Å². The van der Waals surface area contributed by atoms with Crippen molar-refractivity contribution in [2.75, 3.05) is 49.4 Å². The lowest BCUT2D eigenvalue weighted by Crippen LogP contribution is -2.14. The highest BCUT2D eigenvalue weighted by atomic mass is 32.2. The normalized spacial score (nSPS) is 10.3. The summed E-state index contributed by atoms with van der Waals surface area (Å²) in [5.74, 6) is 2.28. The van der Waals surface area contributed by atoms with Gasteiger partial charge in [0.2, 0.25) is 0 Å². The number of hydrogen-bond acceptors (Lipinski definition) is 9. The van der Waals surface area contributed by atoms with Crippen LogP contribution < -0.4 is 0 Å². The molecule has 0 fully saturated rings. The first-order chi connectivity index (χ1) is 12.1. The second kappa shape index (κ2) is 17.9. The molecule has 9 heteroatoms. The fraction of sp³-hybridized carbons (Fsp3) is 0.812. The summed E-state index contributed by atoms with van der Waals surface area (Å²) in [7, 11) is 0. The maximum absolute atomic E-state index is 11.5. The Balaban J connectivity index is 3.32. The lowest BCUT2D eigenvalue weighted by Gasteiger charge is -2.06. The largest absolute Gasteiger partial charge is 0.463 e. The van der Waals surface area contributed by atoms with Crippen molar-refractivity contribution in [3.63, 3.8) is 0 Å². The van der Waals surface area contributed by atoms with Gasteiger partial charge in [-0.05, 0) is 6.42 Å². The molecule has 0 saturated heterocycles. The number of ether oxygens (including phenoxy) is 3. The monoisotopic (exact) mass is 396 g/mol. The van der Waals surface area contributed by atoms with Gasteiger partial charge in [0.05, 0.1) is 19.4 Å². The zero-order valence-electron chi connectivity index (χ0n) is 14.7. The lowest BCUT2D eigenvalue weighted by molar-refractivity contribution is -0.152. The molecule has 0 bridgehead atoms. The zero-order valence-corrected chi connectivity index (χ0v) is 16.3. The van der Waals surface area contributed by atoms with E-state index >= 15 is 0 Å². The van der Waals surface area contributed by atoms with Gasteiger partial charge >= 0.3 is 17.9 Å². The predicted octanol–water partition coefficient (Wildman–Crippen LogP) is 1.66. The van der Waals surface area contributed by atoms with Crippen molar-refractivity contribution < 1.29 is 33.7 Å². The Labute approximate surface area is 157 Å². The van der Waals surface area contributed by atoms with E-state index in [4.69, 9.17) is 19.3 Å². The Morgan fingerprint density at radius 1 is 0.720 bits per heavy atom. The molecule has 0 aromatic heterocycles. The summed E-state index contributed by atoms with van der Waals surface area (Å²) in [5, 5.41) is 8.51. The molecular formula is C16H28O7S2. The summed E-state index contributed by atoms with van der Waals surface area (Å²) in [6.45, 7) is 2.00. The molecule has 0 aromatic rings. The van der Waals surface area contributed by atoms with Crippen molar-refractivity contribution in [1.82, 2.24) is 0 Å². The van der Waals surface area contributed by atoms with Crippen LogP contribution in [0.3, 0.4) is 0 Å². The molecule has 0 radical (unpaired) electrons. The van der Waals surface area contributed by atoms with Crippen molar-refractivity contribution >= 4 is 41.4 Å². The average Bonchev–Trinajstić information content (AvgIpc) is 2.59. The van der Waals surface area contributed by atoms with E-state index in [1.165, 1.54) is 0 Å². The molecule has 1 N–H and O–H groups in total. The Bertz CT molecular complexity index is 377. The molecule has 7 nitrogen and oxygen atoms in total. The van der Waals surface area contributed by atoms with E-state index in [2.05, 4.69) is 0 Å². The van der Waals surface area contributed by atoms with E-state index < -0.39 is 0 Å². The van der Waals surface area contributed by atoms with Gasteiger partial charge in [0.15, 0.2) is 0 Å². The minimum atomic E-state index is -0.294. The zero-order chi connectivity index (χ0) is 18.8. The van der Waals surface area contributed by atoms with Crippen LogP contribution in [0.5, 0.6) is 0 Å². The summed E-state index contributed by atoms with van der Waals surface area (Å²) in [4.78, 5) is 33.7. The van der Waals surface area contributed by atoms with Crippen LogP contribution in [0.15, 0.2) is 0 Å². The van der Waals surface area contributed by atoms with E-state index in [1.807, 2.05) is 6.92 Å². The standard InChI is InChI=1S/C16H28O7S2/c1-2-3-14(18)22-8-9-23-16(20)5-11-25-13-12-24-10-4-15(19)21-7-6-17/h17H,2-13H2,1H3. The summed E-state index contributed by atoms with van der Waals surface area (Å²) in [5.41, 5.74) is 0. The van der Waals surface area contributed by atoms with Crippen LogP contribution in [0.25, 0.3) is 0 Å². The first-order valence-corrected chi connectivity index (χ1v) is 10.6. The average molecular weight is 397 g/mol. The van der Waals surface area contributed by atoms with Crippen molar-refractivity contribution in [2.24, 2.45) is 0 Å². The topological polar surface area (TPSA) is 99.1 Å². The maximum atomic E-state index is 11.5. The van der Waals surface area contributed by atoms with Gasteiger partial charge in [0, 0.05) is 29.4 Å².